The summed E-state index contributed by atoms with van der Waals surface area (Å²) < 4.78 is 0.775. The molecule has 2 heterocycles. The second-order valence-electron chi connectivity index (χ2n) is 3.92. The maximum absolute atomic E-state index is 5.03. The van der Waals surface area contributed by atoms with Crippen molar-refractivity contribution >= 4 is 28.7 Å². The number of anilines is 1. The lowest BCUT2D eigenvalue weighted by Crippen LogP contribution is -2.23. The molecule has 14 heavy (non-hydrogen) atoms. The largest absolute Gasteiger partial charge is 0.347 e. The molecular formula is C9H15N3S2. The maximum Gasteiger partial charge on any atom is 0.206 e. The van der Waals surface area contributed by atoms with Gasteiger partial charge in [-0.25, -0.2) is 0 Å². The van der Waals surface area contributed by atoms with Crippen LogP contribution in [0.25, 0.3) is 0 Å². The number of rotatable bonds is 1. The molecule has 1 aromatic rings. The molecule has 0 aliphatic carbocycles. The van der Waals surface area contributed by atoms with E-state index in [1.807, 2.05) is 0 Å². The third-order valence-electron chi connectivity index (χ3n) is 2.71. The number of hydrogen-bond acceptors (Lipinski definition) is 4. The van der Waals surface area contributed by atoms with E-state index in [0.717, 1.165) is 28.1 Å². The van der Waals surface area contributed by atoms with Crippen molar-refractivity contribution < 1.29 is 0 Å². The number of aromatic nitrogens is 2. The first kappa shape index (κ1) is 10.1. The van der Waals surface area contributed by atoms with E-state index in [1.165, 1.54) is 19.3 Å². The summed E-state index contributed by atoms with van der Waals surface area (Å²) in [5, 5.41) is 8.12. The summed E-state index contributed by atoms with van der Waals surface area (Å²) in [7, 11) is 0. The normalized spacial score (nSPS) is 23.5. The zero-order chi connectivity index (χ0) is 9.97. The molecule has 78 valence electrons. The highest BCUT2D eigenvalue weighted by Gasteiger charge is 2.15. The van der Waals surface area contributed by atoms with Gasteiger partial charge in [-0.15, -0.1) is 5.10 Å². The van der Waals surface area contributed by atoms with Gasteiger partial charge in [-0.05, 0) is 37.4 Å². The Morgan fingerprint density at radius 1 is 1.50 bits per heavy atom. The van der Waals surface area contributed by atoms with Gasteiger partial charge in [-0.3, -0.25) is 5.10 Å². The fourth-order valence-electron chi connectivity index (χ4n) is 1.81. The van der Waals surface area contributed by atoms with E-state index in [2.05, 4.69) is 22.0 Å². The van der Waals surface area contributed by atoms with Gasteiger partial charge >= 0.3 is 0 Å². The number of nitrogens with zero attached hydrogens (tertiary/aromatic N) is 2. The minimum Gasteiger partial charge on any atom is -0.347 e. The van der Waals surface area contributed by atoms with Gasteiger partial charge in [0.05, 0.1) is 0 Å². The zero-order valence-corrected chi connectivity index (χ0v) is 9.96. The minimum atomic E-state index is 0.775. The number of nitrogens with one attached hydrogen (secondary N) is 1. The van der Waals surface area contributed by atoms with Crippen LogP contribution in [-0.4, -0.2) is 23.3 Å². The Labute approximate surface area is 93.1 Å². The molecule has 3 nitrogen and oxygen atoms in total. The Morgan fingerprint density at radius 2 is 2.36 bits per heavy atom. The van der Waals surface area contributed by atoms with Gasteiger partial charge in [0.2, 0.25) is 5.13 Å². The summed E-state index contributed by atoms with van der Waals surface area (Å²) in [5.74, 6) is 0.854. The summed E-state index contributed by atoms with van der Waals surface area (Å²) >= 11 is 6.61. The Bertz CT molecular complexity index is 344. The van der Waals surface area contributed by atoms with Gasteiger partial charge in [0.1, 0.15) is 0 Å². The van der Waals surface area contributed by atoms with Crippen molar-refractivity contribution in [1.29, 1.82) is 0 Å². The van der Waals surface area contributed by atoms with Crippen molar-refractivity contribution in [1.82, 2.24) is 10.2 Å². The SMILES string of the molecule is CC1CCCN(c2n[nH]c(=S)s2)CC1. The van der Waals surface area contributed by atoms with Crippen LogP contribution in [-0.2, 0) is 0 Å². The number of aromatic amines is 1. The summed E-state index contributed by atoms with van der Waals surface area (Å²) in [6.07, 6.45) is 3.88. The van der Waals surface area contributed by atoms with Gasteiger partial charge in [-0.2, -0.15) is 0 Å². The lowest BCUT2D eigenvalue weighted by Gasteiger charge is -2.17. The Morgan fingerprint density at radius 3 is 3.07 bits per heavy atom. The first-order valence-electron chi connectivity index (χ1n) is 5.06. The van der Waals surface area contributed by atoms with Crippen molar-refractivity contribution in [2.75, 3.05) is 18.0 Å². The molecular weight excluding hydrogens is 214 g/mol. The Hall–Kier alpha value is -0.420. The number of H-pyrrole nitrogens is 1. The third kappa shape index (κ3) is 2.33. The maximum atomic E-state index is 5.03. The van der Waals surface area contributed by atoms with E-state index >= 15 is 0 Å². The van der Waals surface area contributed by atoms with Crippen LogP contribution in [0.4, 0.5) is 5.13 Å². The molecule has 0 saturated carbocycles. The average molecular weight is 229 g/mol. The van der Waals surface area contributed by atoms with Gasteiger partial charge < -0.3 is 4.90 Å². The van der Waals surface area contributed by atoms with Crippen LogP contribution in [0.2, 0.25) is 0 Å². The second-order valence-corrected chi connectivity index (χ2v) is 5.56. The molecule has 1 atom stereocenters. The molecule has 2 rings (SSSR count). The topological polar surface area (TPSA) is 31.9 Å². The summed E-state index contributed by atoms with van der Waals surface area (Å²) in [5.41, 5.74) is 0. The zero-order valence-electron chi connectivity index (χ0n) is 8.32. The van der Waals surface area contributed by atoms with Crippen LogP contribution in [0.5, 0.6) is 0 Å². The van der Waals surface area contributed by atoms with Gasteiger partial charge in [0.25, 0.3) is 0 Å². The highest BCUT2D eigenvalue weighted by Crippen LogP contribution is 2.23. The van der Waals surface area contributed by atoms with Crippen molar-refractivity contribution in [3.05, 3.63) is 3.95 Å². The highest BCUT2D eigenvalue weighted by atomic mass is 32.1. The molecule has 1 aliphatic heterocycles. The summed E-state index contributed by atoms with van der Waals surface area (Å²) in [4.78, 5) is 2.35. The quantitative estimate of drug-likeness (QED) is 0.751. The fraction of sp³-hybridized carbons (Fsp3) is 0.778. The predicted molar refractivity (Wildman–Crippen MR) is 62.5 cm³/mol. The molecule has 1 N–H and O–H groups in total. The van der Waals surface area contributed by atoms with E-state index in [1.54, 1.807) is 11.3 Å². The molecule has 0 spiro atoms. The van der Waals surface area contributed by atoms with Crippen LogP contribution in [0.1, 0.15) is 26.2 Å². The van der Waals surface area contributed by atoms with Crippen LogP contribution < -0.4 is 4.90 Å². The van der Waals surface area contributed by atoms with Crippen molar-refractivity contribution in [2.45, 2.75) is 26.2 Å². The molecule has 1 aromatic heterocycles. The summed E-state index contributed by atoms with van der Waals surface area (Å²) in [6, 6.07) is 0. The minimum absolute atomic E-state index is 0.775. The standard InChI is InChI=1S/C9H15N3S2/c1-7-3-2-5-12(6-4-7)8-10-11-9(13)14-8/h7H,2-6H2,1H3,(H,11,13). The first-order valence-corrected chi connectivity index (χ1v) is 6.28. The molecule has 0 radical (unpaired) electrons. The molecule has 1 fully saturated rings. The smallest absolute Gasteiger partial charge is 0.206 e. The van der Waals surface area contributed by atoms with Crippen molar-refractivity contribution in [3.63, 3.8) is 0 Å². The summed E-state index contributed by atoms with van der Waals surface area (Å²) in [6.45, 7) is 4.58. The van der Waals surface area contributed by atoms with Crippen molar-refractivity contribution in [3.8, 4) is 0 Å². The molecule has 0 bridgehead atoms. The van der Waals surface area contributed by atoms with E-state index in [0.29, 0.717) is 0 Å². The fourth-order valence-corrected chi connectivity index (χ4v) is 2.74. The molecule has 1 aliphatic rings. The lowest BCUT2D eigenvalue weighted by molar-refractivity contribution is 0.521. The predicted octanol–water partition coefficient (Wildman–Crippen LogP) is 2.83. The monoisotopic (exact) mass is 229 g/mol. The van der Waals surface area contributed by atoms with E-state index in [9.17, 15) is 0 Å². The van der Waals surface area contributed by atoms with E-state index in [4.69, 9.17) is 12.2 Å². The van der Waals surface area contributed by atoms with Crippen LogP contribution >= 0.6 is 23.6 Å². The highest BCUT2D eigenvalue weighted by molar-refractivity contribution is 7.73. The molecule has 1 saturated heterocycles. The van der Waals surface area contributed by atoms with E-state index in [-0.39, 0.29) is 0 Å². The van der Waals surface area contributed by atoms with Crippen LogP contribution in [0, 0.1) is 9.87 Å². The lowest BCUT2D eigenvalue weighted by atomic mass is 10.0. The molecule has 0 aromatic carbocycles. The third-order valence-corrected chi connectivity index (χ3v) is 3.86. The van der Waals surface area contributed by atoms with Crippen LogP contribution in [0.15, 0.2) is 0 Å². The molecule has 0 amide bonds. The Kier molecular flexibility index (Phi) is 3.18. The molecule has 5 heteroatoms. The van der Waals surface area contributed by atoms with Gasteiger partial charge in [0.15, 0.2) is 3.95 Å². The van der Waals surface area contributed by atoms with Gasteiger partial charge in [0, 0.05) is 13.1 Å². The van der Waals surface area contributed by atoms with Gasteiger partial charge in [-0.1, -0.05) is 18.3 Å². The average Bonchev–Trinajstić information content (AvgIpc) is 2.46. The van der Waals surface area contributed by atoms with Crippen molar-refractivity contribution in [2.24, 2.45) is 5.92 Å². The second kappa shape index (κ2) is 4.40. The number of hydrogen-bond donors (Lipinski definition) is 1. The first-order chi connectivity index (χ1) is 6.75. The van der Waals surface area contributed by atoms with Crippen LogP contribution in [0.3, 0.4) is 0 Å². The van der Waals surface area contributed by atoms with E-state index < -0.39 is 0 Å². The Balaban J connectivity index is 2.07. The molecule has 1 unspecified atom stereocenters.